The lowest BCUT2D eigenvalue weighted by atomic mass is 9.95. The van der Waals surface area contributed by atoms with Crippen LogP contribution >= 0.6 is 0 Å². The second-order valence-corrected chi connectivity index (χ2v) is 6.60. The Kier molecular flexibility index (Phi) is 7.68. The van der Waals surface area contributed by atoms with E-state index in [0.29, 0.717) is 25.9 Å². The van der Waals surface area contributed by atoms with Crippen molar-refractivity contribution in [2.24, 2.45) is 11.8 Å². The number of amides is 1. The second-order valence-electron chi connectivity index (χ2n) is 6.60. The third kappa shape index (κ3) is 5.61. The number of carbonyl (C=O) groups excluding carboxylic acids is 2. The third-order valence-electron chi connectivity index (χ3n) is 4.76. The van der Waals surface area contributed by atoms with Crippen molar-refractivity contribution in [3.8, 4) is 0 Å². The third-order valence-corrected chi connectivity index (χ3v) is 4.76. The summed E-state index contributed by atoms with van der Waals surface area (Å²) in [6.45, 7) is 8.46. The standard InChI is InChI=1S/C17H30N2O4/c1-5-7-13(11(3)18-12(4)20)9-19-10-14(16(21)6-2)8-15(19)17(22)23/h11,13-15H,5-10H2,1-4H3,(H,18,20)(H,22,23)/t11?,13?,14-,15-/m1/s1. The van der Waals surface area contributed by atoms with Crippen LogP contribution in [0.1, 0.15) is 53.4 Å². The molecule has 23 heavy (non-hydrogen) atoms. The van der Waals surface area contributed by atoms with Crippen molar-refractivity contribution < 1.29 is 19.5 Å². The topological polar surface area (TPSA) is 86.7 Å². The van der Waals surface area contributed by atoms with Gasteiger partial charge < -0.3 is 10.4 Å². The summed E-state index contributed by atoms with van der Waals surface area (Å²) in [6.07, 6.45) is 2.73. The Balaban J connectivity index is 2.80. The highest BCUT2D eigenvalue weighted by Crippen LogP contribution is 2.27. The smallest absolute Gasteiger partial charge is 0.320 e. The molecule has 0 radical (unpaired) electrons. The SMILES string of the molecule is CCCC(CN1C[C@H](C(=O)CC)C[C@@H]1C(=O)O)C(C)NC(C)=O. The van der Waals surface area contributed by atoms with Crippen LogP contribution in [-0.4, -0.2) is 52.8 Å². The molecule has 0 aromatic carbocycles. The molecule has 0 aromatic rings. The largest absolute Gasteiger partial charge is 0.480 e. The molecule has 6 nitrogen and oxygen atoms in total. The number of nitrogens with one attached hydrogen (secondary N) is 1. The van der Waals surface area contributed by atoms with E-state index in [1.54, 1.807) is 0 Å². The Morgan fingerprint density at radius 3 is 2.43 bits per heavy atom. The maximum atomic E-state index is 11.9. The fourth-order valence-corrected chi connectivity index (χ4v) is 3.49. The Morgan fingerprint density at radius 2 is 1.96 bits per heavy atom. The first-order valence-corrected chi connectivity index (χ1v) is 8.56. The molecule has 1 fully saturated rings. The van der Waals surface area contributed by atoms with E-state index in [9.17, 15) is 19.5 Å². The maximum Gasteiger partial charge on any atom is 0.320 e. The van der Waals surface area contributed by atoms with Gasteiger partial charge in [0.25, 0.3) is 0 Å². The van der Waals surface area contributed by atoms with Crippen molar-refractivity contribution >= 4 is 17.7 Å². The Bertz CT molecular complexity index is 438. The van der Waals surface area contributed by atoms with E-state index in [0.717, 1.165) is 12.8 Å². The molecule has 1 saturated heterocycles. The molecule has 1 aliphatic rings. The number of Topliss-reactive ketones (excluding diaryl/α,β-unsaturated/α-hetero) is 1. The van der Waals surface area contributed by atoms with Crippen LogP contribution in [0.25, 0.3) is 0 Å². The molecule has 0 aliphatic carbocycles. The molecule has 1 aliphatic heterocycles. The average molecular weight is 326 g/mol. The van der Waals surface area contributed by atoms with Crippen molar-refractivity contribution in [1.82, 2.24) is 10.2 Å². The Hall–Kier alpha value is -1.43. The zero-order valence-electron chi connectivity index (χ0n) is 14.7. The minimum Gasteiger partial charge on any atom is -0.480 e. The fourth-order valence-electron chi connectivity index (χ4n) is 3.49. The van der Waals surface area contributed by atoms with Crippen LogP contribution in [0.2, 0.25) is 0 Å². The highest BCUT2D eigenvalue weighted by atomic mass is 16.4. The first-order valence-electron chi connectivity index (χ1n) is 8.56. The molecule has 2 unspecified atom stereocenters. The van der Waals surface area contributed by atoms with Crippen molar-refractivity contribution in [3.63, 3.8) is 0 Å². The first kappa shape index (κ1) is 19.6. The first-order chi connectivity index (χ1) is 10.8. The lowest BCUT2D eigenvalue weighted by Crippen LogP contribution is -2.45. The molecule has 4 atom stereocenters. The van der Waals surface area contributed by atoms with E-state index in [1.807, 2.05) is 18.7 Å². The van der Waals surface area contributed by atoms with Gasteiger partial charge in [-0.2, -0.15) is 0 Å². The molecular weight excluding hydrogens is 296 g/mol. The van der Waals surface area contributed by atoms with Crippen molar-refractivity contribution in [2.45, 2.75) is 65.5 Å². The number of carbonyl (C=O) groups is 3. The van der Waals surface area contributed by atoms with Crippen LogP contribution in [0.4, 0.5) is 0 Å². The van der Waals surface area contributed by atoms with E-state index in [2.05, 4.69) is 12.2 Å². The Labute approximate surface area is 138 Å². The summed E-state index contributed by atoms with van der Waals surface area (Å²) in [5, 5.41) is 12.4. The van der Waals surface area contributed by atoms with Gasteiger partial charge >= 0.3 is 5.97 Å². The average Bonchev–Trinajstić information content (AvgIpc) is 2.89. The van der Waals surface area contributed by atoms with Crippen LogP contribution in [0.3, 0.4) is 0 Å². The number of likely N-dealkylation sites (tertiary alicyclic amines) is 1. The number of nitrogens with zero attached hydrogens (tertiary/aromatic N) is 1. The molecule has 1 amide bonds. The number of rotatable bonds is 9. The van der Waals surface area contributed by atoms with Gasteiger partial charge in [0.1, 0.15) is 11.8 Å². The number of carboxylic acid groups (broad SMARTS) is 1. The zero-order chi connectivity index (χ0) is 17.6. The highest BCUT2D eigenvalue weighted by molar-refractivity contribution is 5.83. The van der Waals surface area contributed by atoms with Crippen LogP contribution in [-0.2, 0) is 14.4 Å². The van der Waals surface area contributed by atoms with Crippen LogP contribution in [0.5, 0.6) is 0 Å². The molecule has 132 valence electrons. The summed E-state index contributed by atoms with van der Waals surface area (Å²) >= 11 is 0. The van der Waals surface area contributed by atoms with Gasteiger partial charge in [0, 0.05) is 38.4 Å². The van der Waals surface area contributed by atoms with E-state index in [-0.39, 0.29) is 29.6 Å². The molecule has 0 spiro atoms. The second kappa shape index (κ2) is 9.01. The van der Waals surface area contributed by atoms with Gasteiger partial charge in [-0.3, -0.25) is 19.3 Å². The zero-order valence-corrected chi connectivity index (χ0v) is 14.7. The molecule has 1 rings (SSSR count). The minimum atomic E-state index is -0.862. The van der Waals surface area contributed by atoms with Crippen LogP contribution in [0.15, 0.2) is 0 Å². The molecule has 1 heterocycles. The molecule has 0 bridgehead atoms. The van der Waals surface area contributed by atoms with Crippen molar-refractivity contribution in [2.75, 3.05) is 13.1 Å². The van der Waals surface area contributed by atoms with Gasteiger partial charge in [-0.05, 0) is 25.7 Å². The lowest BCUT2D eigenvalue weighted by molar-refractivity contribution is -0.142. The van der Waals surface area contributed by atoms with Crippen LogP contribution in [0, 0.1) is 11.8 Å². The normalized spacial score (nSPS) is 24.2. The molecule has 6 heteroatoms. The van der Waals surface area contributed by atoms with Gasteiger partial charge in [-0.25, -0.2) is 0 Å². The quantitative estimate of drug-likeness (QED) is 0.673. The summed E-state index contributed by atoms with van der Waals surface area (Å²) in [5.41, 5.74) is 0. The van der Waals surface area contributed by atoms with Crippen molar-refractivity contribution in [3.05, 3.63) is 0 Å². The molecule has 0 aromatic heterocycles. The highest BCUT2D eigenvalue weighted by Gasteiger charge is 2.40. The summed E-state index contributed by atoms with van der Waals surface area (Å²) in [5.74, 6) is -0.797. The maximum absolute atomic E-state index is 11.9. The lowest BCUT2D eigenvalue weighted by Gasteiger charge is -2.30. The minimum absolute atomic E-state index is 0.0113. The fraction of sp³-hybridized carbons (Fsp3) is 0.824. The van der Waals surface area contributed by atoms with Gasteiger partial charge in [-0.15, -0.1) is 0 Å². The van der Waals surface area contributed by atoms with Crippen LogP contribution < -0.4 is 5.32 Å². The van der Waals surface area contributed by atoms with Gasteiger partial charge in [0.2, 0.25) is 5.91 Å². The van der Waals surface area contributed by atoms with Gasteiger partial charge in [-0.1, -0.05) is 20.3 Å². The monoisotopic (exact) mass is 326 g/mol. The molecule has 2 N–H and O–H groups in total. The summed E-state index contributed by atoms with van der Waals surface area (Å²) in [7, 11) is 0. The number of aliphatic carboxylic acids is 1. The van der Waals surface area contributed by atoms with E-state index >= 15 is 0 Å². The summed E-state index contributed by atoms with van der Waals surface area (Å²) in [4.78, 5) is 36.7. The van der Waals surface area contributed by atoms with E-state index < -0.39 is 12.0 Å². The van der Waals surface area contributed by atoms with Gasteiger partial charge in [0.15, 0.2) is 0 Å². The van der Waals surface area contributed by atoms with E-state index in [1.165, 1.54) is 6.92 Å². The summed E-state index contributed by atoms with van der Waals surface area (Å²) in [6, 6.07) is -0.609. The van der Waals surface area contributed by atoms with Crippen molar-refractivity contribution in [1.29, 1.82) is 0 Å². The number of ketones is 1. The predicted molar refractivity (Wildman–Crippen MR) is 88.1 cm³/mol. The van der Waals surface area contributed by atoms with E-state index in [4.69, 9.17) is 0 Å². The number of hydrogen-bond acceptors (Lipinski definition) is 4. The molecule has 0 saturated carbocycles. The number of carboxylic acids is 1. The number of hydrogen-bond donors (Lipinski definition) is 2. The van der Waals surface area contributed by atoms with Gasteiger partial charge in [0.05, 0.1) is 0 Å². The predicted octanol–water partition coefficient (Wildman–Crippen LogP) is 1.68. The Morgan fingerprint density at radius 1 is 1.30 bits per heavy atom. The summed E-state index contributed by atoms with van der Waals surface area (Å²) < 4.78 is 0. The molecular formula is C17H30N2O4.